The third-order valence-corrected chi connectivity index (χ3v) is 3.38. The van der Waals surface area contributed by atoms with Crippen LogP contribution < -0.4 is 5.32 Å². The van der Waals surface area contributed by atoms with Crippen molar-refractivity contribution in [2.45, 2.75) is 70.3 Å². The van der Waals surface area contributed by atoms with E-state index in [1.807, 2.05) is 0 Å². The van der Waals surface area contributed by atoms with Crippen molar-refractivity contribution in [1.29, 1.82) is 0 Å². The lowest BCUT2D eigenvalue weighted by Gasteiger charge is -2.31. The standard InChI is InChI=1S/C13H25NO2/c1-2-3-7-10-14-12(15)11-13(16)8-5-4-6-9-13/h16H,2-11H2,1H3,(H,14,15). The summed E-state index contributed by atoms with van der Waals surface area (Å²) in [6, 6.07) is 0. The summed E-state index contributed by atoms with van der Waals surface area (Å²) < 4.78 is 0. The number of aliphatic hydroxyl groups is 1. The van der Waals surface area contributed by atoms with Gasteiger partial charge in [-0.15, -0.1) is 0 Å². The van der Waals surface area contributed by atoms with Gasteiger partial charge in [-0.05, 0) is 19.3 Å². The minimum atomic E-state index is -0.715. The van der Waals surface area contributed by atoms with E-state index in [9.17, 15) is 9.90 Å². The third kappa shape index (κ3) is 4.97. The second-order valence-electron chi connectivity index (χ2n) is 5.02. The van der Waals surface area contributed by atoms with Crippen molar-refractivity contribution < 1.29 is 9.90 Å². The van der Waals surface area contributed by atoms with Crippen LogP contribution in [0, 0.1) is 0 Å². The number of hydrogen-bond donors (Lipinski definition) is 2. The SMILES string of the molecule is CCCCCNC(=O)CC1(O)CCCCC1. The van der Waals surface area contributed by atoms with Crippen LogP contribution in [0.4, 0.5) is 0 Å². The molecule has 0 saturated heterocycles. The van der Waals surface area contributed by atoms with Gasteiger partial charge in [0, 0.05) is 6.54 Å². The Morgan fingerprint density at radius 1 is 1.25 bits per heavy atom. The van der Waals surface area contributed by atoms with Gasteiger partial charge in [0.25, 0.3) is 0 Å². The summed E-state index contributed by atoms with van der Waals surface area (Å²) in [6.45, 7) is 2.90. The number of hydrogen-bond acceptors (Lipinski definition) is 2. The molecule has 1 amide bonds. The number of amides is 1. The summed E-state index contributed by atoms with van der Waals surface area (Å²) in [5, 5.41) is 13.1. The van der Waals surface area contributed by atoms with Crippen molar-refractivity contribution >= 4 is 5.91 Å². The summed E-state index contributed by atoms with van der Waals surface area (Å²) >= 11 is 0. The van der Waals surface area contributed by atoms with E-state index in [1.165, 1.54) is 12.8 Å². The lowest BCUT2D eigenvalue weighted by Crippen LogP contribution is -2.38. The molecule has 0 aliphatic heterocycles. The molecule has 16 heavy (non-hydrogen) atoms. The van der Waals surface area contributed by atoms with Crippen LogP contribution in [0.1, 0.15) is 64.7 Å². The maximum absolute atomic E-state index is 11.6. The van der Waals surface area contributed by atoms with Gasteiger partial charge < -0.3 is 10.4 Å². The zero-order valence-corrected chi connectivity index (χ0v) is 10.4. The molecule has 1 fully saturated rings. The summed E-state index contributed by atoms with van der Waals surface area (Å²) in [6.07, 6.45) is 8.54. The van der Waals surface area contributed by atoms with Crippen LogP contribution in [0.3, 0.4) is 0 Å². The van der Waals surface area contributed by atoms with Gasteiger partial charge in [0.1, 0.15) is 0 Å². The minimum absolute atomic E-state index is 0.0144. The molecule has 0 spiro atoms. The Hall–Kier alpha value is -0.570. The number of unbranched alkanes of at least 4 members (excludes halogenated alkanes) is 2. The highest BCUT2D eigenvalue weighted by atomic mass is 16.3. The maximum atomic E-state index is 11.6. The molecule has 1 rings (SSSR count). The Morgan fingerprint density at radius 2 is 1.94 bits per heavy atom. The molecule has 2 N–H and O–H groups in total. The van der Waals surface area contributed by atoms with Gasteiger partial charge in [0.15, 0.2) is 0 Å². The molecule has 0 bridgehead atoms. The van der Waals surface area contributed by atoms with E-state index in [-0.39, 0.29) is 5.91 Å². The monoisotopic (exact) mass is 227 g/mol. The highest BCUT2D eigenvalue weighted by Gasteiger charge is 2.31. The molecular formula is C13H25NO2. The molecule has 0 aromatic rings. The number of carbonyl (C=O) groups excluding carboxylic acids is 1. The Bertz CT molecular complexity index is 210. The fraction of sp³-hybridized carbons (Fsp3) is 0.923. The van der Waals surface area contributed by atoms with E-state index >= 15 is 0 Å². The number of rotatable bonds is 6. The highest BCUT2D eigenvalue weighted by molar-refractivity contribution is 5.76. The van der Waals surface area contributed by atoms with Crippen LogP contribution in [-0.2, 0) is 4.79 Å². The van der Waals surface area contributed by atoms with Crippen molar-refractivity contribution in [3.63, 3.8) is 0 Å². The summed E-state index contributed by atoms with van der Waals surface area (Å²) in [4.78, 5) is 11.6. The zero-order valence-electron chi connectivity index (χ0n) is 10.4. The fourth-order valence-corrected chi connectivity index (χ4v) is 2.35. The van der Waals surface area contributed by atoms with E-state index in [0.717, 1.165) is 45.1 Å². The van der Waals surface area contributed by atoms with Gasteiger partial charge >= 0.3 is 0 Å². The van der Waals surface area contributed by atoms with E-state index in [2.05, 4.69) is 12.2 Å². The first-order valence-electron chi connectivity index (χ1n) is 6.65. The van der Waals surface area contributed by atoms with Crippen molar-refractivity contribution in [3.05, 3.63) is 0 Å². The van der Waals surface area contributed by atoms with Crippen molar-refractivity contribution in [3.8, 4) is 0 Å². The molecule has 1 aliphatic carbocycles. The van der Waals surface area contributed by atoms with Crippen LogP contribution in [0.2, 0.25) is 0 Å². The lowest BCUT2D eigenvalue weighted by molar-refractivity contribution is -0.127. The van der Waals surface area contributed by atoms with Crippen LogP contribution in [-0.4, -0.2) is 23.2 Å². The highest BCUT2D eigenvalue weighted by Crippen LogP contribution is 2.30. The topological polar surface area (TPSA) is 49.3 Å². The van der Waals surface area contributed by atoms with Gasteiger partial charge in [-0.1, -0.05) is 39.0 Å². The molecular weight excluding hydrogens is 202 g/mol. The summed E-state index contributed by atoms with van der Waals surface area (Å²) in [5.74, 6) is 0.0144. The fourth-order valence-electron chi connectivity index (χ4n) is 2.35. The number of nitrogens with one attached hydrogen (secondary N) is 1. The molecule has 3 nitrogen and oxygen atoms in total. The van der Waals surface area contributed by atoms with Crippen LogP contribution in [0.25, 0.3) is 0 Å². The Morgan fingerprint density at radius 3 is 2.56 bits per heavy atom. The molecule has 3 heteroatoms. The molecule has 0 radical (unpaired) electrons. The molecule has 0 aromatic heterocycles. The molecule has 94 valence electrons. The summed E-state index contributed by atoms with van der Waals surface area (Å²) in [7, 11) is 0. The van der Waals surface area contributed by atoms with Crippen LogP contribution >= 0.6 is 0 Å². The normalized spacial score (nSPS) is 19.4. The number of carbonyl (C=O) groups is 1. The molecule has 0 heterocycles. The minimum Gasteiger partial charge on any atom is -0.389 e. The maximum Gasteiger partial charge on any atom is 0.222 e. The first-order valence-corrected chi connectivity index (χ1v) is 6.65. The zero-order chi connectivity index (χ0) is 11.9. The van der Waals surface area contributed by atoms with Gasteiger partial charge in [0.05, 0.1) is 12.0 Å². The molecule has 1 aliphatic rings. The Balaban J connectivity index is 2.17. The average Bonchev–Trinajstić information content (AvgIpc) is 2.25. The molecule has 0 atom stereocenters. The average molecular weight is 227 g/mol. The predicted molar refractivity (Wildman–Crippen MR) is 65.2 cm³/mol. The summed E-state index contributed by atoms with van der Waals surface area (Å²) in [5.41, 5.74) is -0.715. The Kier molecular flexibility index (Phi) is 5.81. The first kappa shape index (κ1) is 13.5. The van der Waals surface area contributed by atoms with Crippen molar-refractivity contribution in [1.82, 2.24) is 5.32 Å². The Labute approximate surface area is 98.6 Å². The first-order chi connectivity index (χ1) is 7.66. The predicted octanol–water partition coefficient (Wildman–Crippen LogP) is 2.38. The van der Waals surface area contributed by atoms with Crippen molar-refractivity contribution in [2.75, 3.05) is 6.54 Å². The quantitative estimate of drug-likeness (QED) is 0.684. The van der Waals surface area contributed by atoms with Gasteiger partial charge in [-0.2, -0.15) is 0 Å². The van der Waals surface area contributed by atoms with Gasteiger partial charge in [-0.3, -0.25) is 4.79 Å². The van der Waals surface area contributed by atoms with E-state index in [0.29, 0.717) is 6.42 Å². The largest absolute Gasteiger partial charge is 0.389 e. The second-order valence-corrected chi connectivity index (χ2v) is 5.02. The van der Waals surface area contributed by atoms with E-state index in [4.69, 9.17) is 0 Å². The third-order valence-electron chi connectivity index (χ3n) is 3.38. The van der Waals surface area contributed by atoms with E-state index < -0.39 is 5.60 Å². The van der Waals surface area contributed by atoms with Crippen molar-refractivity contribution in [2.24, 2.45) is 0 Å². The van der Waals surface area contributed by atoms with Crippen LogP contribution in [0.15, 0.2) is 0 Å². The lowest BCUT2D eigenvalue weighted by atomic mass is 9.82. The second kappa shape index (κ2) is 6.89. The smallest absolute Gasteiger partial charge is 0.222 e. The van der Waals surface area contributed by atoms with Gasteiger partial charge in [0.2, 0.25) is 5.91 Å². The molecule has 0 aromatic carbocycles. The van der Waals surface area contributed by atoms with E-state index in [1.54, 1.807) is 0 Å². The van der Waals surface area contributed by atoms with Gasteiger partial charge in [-0.25, -0.2) is 0 Å². The van der Waals surface area contributed by atoms with Crippen LogP contribution in [0.5, 0.6) is 0 Å². The molecule has 0 unspecified atom stereocenters. The molecule has 1 saturated carbocycles.